The highest BCUT2D eigenvalue weighted by Crippen LogP contribution is 2.63. The van der Waals surface area contributed by atoms with Gasteiger partial charge in [0, 0.05) is 17.8 Å². The van der Waals surface area contributed by atoms with Gasteiger partial charge in [0.15, 0.2) is 0 Å². The lowest BCUT2D eigenvalue weighted by Gasteiger charge is -2.52. The molecule has 190 valence electrons. The molecule has 1 fully saturated rings. The smallest absolute Gasteiger partial charge is 0.273 e. The molecule has 4 aromatic carbocycles. The van der Waals surface area contributed by atoms with E-state index in [9.17, 15) is 14.4 Å². The van der Waals surface area contributed by atoms with Crippen LogP contribution in [0.25, 0.3) is 0 Å². The molecule has 3 amide bonds. The van der Waals surface area contributed by atoms with Crippen molar-refractivity contribution in [3.8, 4) is 0 Å². The third-order valence-electron chi connectivity index (χ3n) is 8.34. The molecule has 7 heteroatoms. The summed E-state index contributed by atoms with van der Waals surface area (Å²) in [6.07, 6.45) is 1.65. The molecular weight excluding hydrogens is 488 g/mol. The summed E-state index contributed by atoms with van der Waals surface area (Å²) in [6.45, 7) is 0. The third-order valence-corrected chi connectivity index (χ3v) is 8.34. The molecule has 0 aromatic heterocycles. The van der Waals surface area contributed by atoms with Gasteiger partial charge in [0.05, 0.1) is 28.5 Å². The van der Waals surface area contributed by atoms with Crippen LogP contribution in [0.2, 0.25) is 0 Å². The van der Waals surface area contributed by atoms with E-state index in [-0.39, 0.29) is 17.7 Å². The molecule has 3 aliphatic carbocycles. The number of carbonyl (C=O) groups excluding carboxylic acids is 3. The van der Waals surface area contributed by atoms with Crippen LogP contribution in [-0.4, -0.2) is 23.9 Å². The van der Waals surface area contributed by atoms with Crippen molar-refractivity contribution in [1.82, 2.24) is 5.43 Å². The number of imide groups is 1. The molecule has 0 saturated carbocycles. The van der Waals surface area contributed by atoms with Crippen LogP contribution in [0.15, 0.2) is 108 Å². The van der Waals surface area contributed by atoms with Crippen molar-refractivity contribution < 1.29 is 14.4 Å². The van der Waals surface area contributed by atoms with E-state index in [1.807, 2.05) is 66.7 Å². The Hall–Kier alpha value is -5.04. The van der Waals surface area contributed by atoms with Crippen molar-refractivity contribution in [1.29, 1.82) is 0 Å². The minimum absolute atomic E-state index is 0.218. The number of amides is 3. The predicted molar refractivity (Wildman–Crippen MR) is 148 cm³/mol. The molecule has 0 radical (unpaired) electrons. The number of anilines is 2. The highest BCUT2D eigenvalue weighted by molar-refractivity contribution is 6.25. The first-order valence-electron chi connectivity index (χ1n) is 12.8. The van der Waals surface area contributed by atoms with E-state index in [0.717, 1.165) is 22.3 Å². The summed E-state index contributed by atoms with van der Waals surface area (Å²) in [5.74, 6) is -2.53. The van der Waals surface area contributed by atoms with E-state index in [2.05, 4.69) is 10.5 Å². The Kier molecular flexibility index (Phi) is 5.03. The van der Waals surface area contributed by atoms with Crippen LogP contribution in [0.1, 0.15) is 38.5 Å². The van der Waals surface area contributed by atoms with Crippen molar-refractivity contribution in [2.45, 2.75) is 11.3 Å². The minimum atomic E-state index is -1.06. The second kappa shape index (κ2) is 8.49. The number of hydrogen-bond donors (Lipinski definition) is 2. The first-order valence-corrected chi connectivity index (χ1v) is 12.8. The molecule has 4 aromatic rings. The van der Waals surface area contributed by atoms with E-state index in [0.29, 0.717) is 16.9 Å². The fourth-order valence-electron chi connectivity index (χ4n) is 6.84. The Balaban J connectivity index is 1.41. The predicted octanol–water partition coefficient (Wildman–Crippen LogP) is 4.24. The van der Waals surface area contributed by atoms with Gasteiger partial charge in [-0.2, -0.15) is 5.10 Å². The average Bonchev–Trinajstić information content (AvgIpc) is 3.24. The van der Waals surface area contributed by atoms with Crippen LogP contribution in [0.4, 0.5) is 11.4 Å². The van der Waals surface area contributed by atoms with Gasteiger partial charge in [0.1, 0.15) is 0 Å². The molecule has 7 nitrogen and oxygen atoms in total. The molecular formula is C32H24N4O3. The van der Waals surface area contributed by atoms with E-state index in [1.54, 1.807) is 42.6 Å². The van der Waals surface area contributed by atoms with E-state index in [4.69, 9.17) is 5.73 Å². The summed E-state index contributed by atoms with van der Waals surface area (Å²) < 4.78 is 0. The van der Waals surface area contributed by atoms with E-state index < -0.39 is 23.2 Å². The Morgan fingerprint density at radius 3 is 2.05 bits per heavy atom. The SMILES string of the molecule is Nc1ccccc1C(=O)N/N=C\C12c3ccccc3C(c3ccccc31)[C@@H]1C(=O)N(c3ccccc3)C(=O)[C@@H]12. The Bertz CT molecular complexity index is 1650. The molecule has 4 aliphatic rings. The van der Waals surface area contributed by atoms with Gasteiger partial charge in [-0.15, -0.1) is 0 Å². The monoisotopic (exact) mass is 512 g/mol. The number of rotatable bonds is 4. The number of nitrogens with two attached hydrogens (primary N) is 1. The van der Waals surface area contributed by atoms with Crippen LogP contribution in [0, 0.1) is 11.8 Å². The van der Waals surface area contributed by atoms with Crippen molar-refractivity contribution in [3.63, 3.8) is 0 Å². The van der Waals surface area contributed by atoms with Crippen molar-refractivity contribution >= 4 is 35.3 Å². The summed E-state index contributed by atoms with van der Waals surface area (Å²) in [6, 6.07) is 31.7. The second-order valence-corrected chi connectivity index (χ2v) is 10.2. The van der Waals surface area contributed by atoms with Gasteiger partial charge < -0.3 is 5.73 Å². The quantitative estimate of drug-likeness (QED) is 0.185. The molecule has 1 aliphatic heterocycles. The summed E-state index contributed by atoms with van der Waals surface area (Å²) in [5, 5.41) is 4.43. The van der Waals surface area contributed by atoms with Crippen LogP contribution >= 0.6 is 0 Å². The summed E-state index contributed by atoms with van der Waals surface area (Å²) in [5.41, 5.74) is 12.6. The van der Waals surface area contributed by atoms with Crippen molar-refractivity contribution in [3.05, 3.63) is 131 Å². The molecule has 2 bridgehead atoms. The maximum absolute atomic E-state index is 14.3. The largest absolute Gasteiger partial charge is 0.398 e. The Labute approximate surface area is 225 Å². The fraction of sp³-hybridized carbons (Fsp3) is 0.125. The van der Waals surface area contributed by atoms with Gasteiger partial charge in [0.25, 0.3) is 5.91 Å². The number of para-hydroxylation sites is 2. The number of nitrogen functional groups attached to an aromatic ring is 1. The lowest BCUT2D eigenvalue weighted by atomic mass is 9.47. The normalized spacial score (nSPS) is 24.4. The zero-order valence-electron chi connectivity index (χ0n) is 20.8. The number of nitrogens with one attached hydrogen (secondary N) is 1. The maximum Gasteiger partial charge on any atom is 0.273 e. The molecule has 1 saturated heterocycles. The van der Waals surface area contributed by atoms with Gasteiger partial charge in [-0.1, -0.05) is 78.9 Å². The molecule has 8 rings (SSSR count). The van der Waals surface area contributed by atoms with Crippen molar-refractivity contribution in [2.75, 3.05) is 10.6 Å². The lowest BCUT2D eigenvalue weighted by Crippen LogP contribution is -2.54. The van der Waals surface area contributed by atoms with Crippen LogP contribution in [0.3, 0.4) is 0 Å². The van der Waals surface area contributed by atoms with Gasteiger partial charge in [-0.25, -0.2) is 10.3 Å². The van der Waals surface area contributed by atoms with Gasteiger partial charge in [-0.05, 0) is 46.5 Å². The number of hydrogen-bond acceptors (Lipinski definition) is 5. The maximum atomic E-state index is 14.3. The standard InChI is InChI=1S/C32H24N4O3/c33-25-17-9-6-14-22(25)29(37)35-34-18-32-23-15-7-4-12-20(23)26(21-13-5-8-16-24(21)32)27-28(32)31(39)36(30(27)38)19-10-2-1-3-11-19/h1-18,26-28H,33H2,(H,35,37)/b34-18-/t26?,27-,28+,32?/m0/s1. The van der Waals surface area contributed by atoms with E-state index in [1.165, 1.54) is 4.90 Å². The highest BCUT2D eigenvalue weighted by Gasteiger charge is 2.68. The Morgan fingerprint density at radius 2 is 1.38 bits per heavy atom. The first kappa shape index (κ1) is 23.1. The summed E-state index contributed by atoms with van der Waals surface area (Å²) in [4.78, 5) is 42.6. The van der Waals surface area contributed by atoms with E-state index >= 15 is 0 Å². The number of nitrogens with zero attached hydrogens (tertiary/aromatic N) is 2. The molecule has 39 heavy (non-hydrogen) atoms. The third kappa shape index (κ3) is 3.10. The molecule has 0 unspecified atom stereocenters. The number of hydrazone groups is 1. The lowest BCUT2D eigenvalue weighted by molar-refractivity contribution is -0.122. The van der Waals surface area contributed by atoms with Crippen LogP contribution in [0.5, 0.6) is 0 Å². The summed E-state index contributed by atoms with van der Waals surface area (Å²) >= 11 is 0. The fourth-order valence-corrected chi connectivity index (χ4v) is 6.84. The zero-order valence-corrected chi connectivity index (χ0v) is 20.8. The minimum Gasteiger partial charge on any atom is -0.398 e. The molecule has 3 N–H and O–H groups in total. The van der Waals surface area contributed by atoms with Gasteiger partial charge in [-0.3, -0.25) is 14.4 Å². The second-order valence-electron chi connectivity index (χ2n) is 10.2. The van der Waals surface area contributed by atoms with Crippen LogP contribution < -0.4 is 16.1 Å². The van der Waals surface area contributed by atoms with Crippen molar-refractivity contribution in [2.24, 2.45) is 16.9 Å². The summed E-state index contributed by atoms with van der Waals surface area (Å²) in [7, 11) is 0. The number of benzene rings is 4. The van der Waals surface area contributed by atoms with Gasteiger partial charge in [0.2, 0.25) is 11.8 Å². The number of carbonyl (C=O) groups is 3. The molecule has 2 atom stereocenters. The average molecular weight is 513 g/mol. The first-order chi connectivity index (χ1) is 19.0. The topological polar surface area (TPSA) is 105 Å². The molecule has 1 heterocycles. The molecule has 0 spiro atoms. The Morgan fingerprint density at radius 1 is 0.795 bits per heavy atom. The highest BCUT2D eigenvalue weighted by atomic mass is 16.2. The van der Waals surface area contributed by atoms with Crippen LogP contribution in [-0.2, 0) is 15.0 Å². The zero-order chi connectivity index (χ0) is 26.7. The van der Waals surface area contributed by atoms with Gasteiger partial charge >= 0.3 is 0 Å².